The van der Waals surface area contributed by atoms with Gasteiger partial charge in [-0.2, -0.15) is 13.2 Å². The lowest BCUT2D eigenvalue weighted by Gasteiger charge is -2.38. The molecule has 0 radical (unpaired) electrons. The SMILES string of the molecule is Cc1ccccc1-c1cc2ccc(S(=O)(=O)N[C@H]3CC[C@H](C(=O)N4CCN[C@H](C(F)(F)F)C4)CC3)cc2[nH]1. The van der Waals surface area contributed by atoms with E-state index in [1.54, 1.807) is 18.2 Å². The van der Waals surface area contributed by atoms with Crippen molar-refractivity contribution in [2.24, 2.45) is 5.92 Å². The van der Waals surface area contributed by atoms with Crippen molar-refractivity contribution in [1.82, 2.24) is 19.9 Å². The summed E-state index contributed by atoms with van der Waals surface area (Å²) in [6, 6.07) is 12.9. The maximum Gasteiger partial charge on any atom is 0.405 e. The lowest BCUT2D eigenvalue weighted by atomic mass is 9.85. The van der Waals surface area contributed by atoms with E-state index in [-0.39, 0.29) is 36.5 Å². The molecule has 2 aromatic carbocycles. The van der Waals surface area contributed by atoms with Gasteiger partial charge in [0.05, 0.1) is 4.90 Å². The standard InChI is InChI=1S/C27H31F3N4O3S/c1-17-4-2-3-5-22(17)24-14-19-8-11-21(15-23(19)32-24)38(36,37)33-20-9-6-18(7-10-20)26(35)34-13-12-31-25(16-34)27(28,29)30/h2-5,8,11,14-15,18,20,25,31-33H,6-7,9-10,12-13,16H2,1H3/t18-,20-,25-/m0/s1. The van der Waals surface area contributed by atoms with Gasteiger partial charge in [0.2, 0.25) is 15.9 Å². The lowest BCUT2D eigenvalue weighted by molar-refractivity contribution is -0.169. The molecule has 204 valence electrons. The Bertz CT molecular complexity index is 1430. The van der Waals surface area contributed by atoms with Crippen molar-refractivity contribution in [3.8, 4) is 11.3 Å². The highest BCUT2D eigenvalue weighted by Gasteiger charge is 2.43. The number of carbonyl (C=O) groups excluding carboxylic acids is 1. The third-order valence-corrected chi connectivity index (χ3v) is 9.14. The molecule has 1 saturated heterocycles. The summed E-state index contributed by atoms with van der Waals surface area (Å²) in [7, 11) is -3.80. The molecule has 3 N–H and O–H groups in total. The zero-order valence-electron chi connectivity index (χ0n) is 21.0. The minimum atomic E-state index is -4.40. The first kappa shape index (κ1) is 26.7. The summed E-state index contributed by atoms with van der Waals surface area (Å²) < 4.78 is 68.3. The average molecular weight is 549 g/mol. The van der Waals surface area contributed by atoms with Gasteiger partial charge in [0, 0.05) is 53.8 Å². The zero-order chi connectivity index (χ0) is 27.1. The number of aromatic amines is 1. The number of hydrogen-bond donors (Lipinski definition) is 3. The number of amides is 1. The van der Waals surface area contributed by atoms with Crippen molar-refractivity contribution in [3.05, 3.63) is 54.1 Å². The van der Waals surface area contributed by atoms with E-state index in [0.717, 1.165) is 22.2 Å². The minimum Gasteiger partial charge on any atom is -0.354 e. The Morgan fingerprint density at radius 1 is 1.05 bits per heavy atom. The van der Waals surface area contributed by atoms with Gasteiger partial charge in [-0.25, -0.2) is 13.1 Å². The second-order valence-electron chi connectivity index (χ2n) is 10.2. The smallest absolute Gasteiger partial charge is 0.354 e. The Balaban J connectivity index is 1.21. The van der Waals surface area contributed by atoms with Gasteiger partial charge in [0.25, 0.3) is 0 Å². The molecule has 1 atom stereocenters. The van der Waals surface area contributed by atoms with Crippen molar-refractivity contribution in [3.63, 3.8) is 0 Å². The van der Waals surface area contributed by atoms with Gasteiger partial charge in [0.15, 0.2) is 0 Å². The maximum atomic E-state index is 13.2. The molecule has 38 heavy (non-hydrogen) atoms. The molecule has 2 aliphatic rings. The van der Waals surface area contributed by atoms with Crippen LogP contribution in [0.3, 0.4) is 0 Å². The number of piperazine rings is 1. The van der Waals surface area contributed by atoms with Gasteiger partial charge in [-0.1, -0.05) is 30.3 Å². The molecule has 1 amide bonds. The van der Waals surface area contributed by atoms with Crippen LogP contribution in [0.5, 0.6) is 0 Å². The van der Waals surface area contributed by atoms with Crippen molar-refractivity contribution in [1.29, 1.82) is 0 Å². The number of nitrogens with zero attached hydrogens (tertiary/aromatic N) is 1. The Hall–Kier alpha value is -2.89. The van der Waals surface area contributed by atoms with Gasteiger partial charge in [0.1, 0.15) is 6.04 Å². The molecular formula is C27H31F3N4O3S. The van der Waals surface area contributed by atoms with Crippen LogP contribution in [-0.2, 0) is 14.8 Å². The average Bonchev–Trinajstić information content (AvgIpc) is 3.32. The van der Waals surface area contributed by atoms with Crippen LogP contribution in [0, 0.1) is 12.8 Å². The van der Waals surface area contributed by atoms with Crippen LogP contribution in [-0.4, -0.2) is 62.1 Å². The number of H-pyrrole nitrogens is 1. The summed E-state index contributed by atoms with van der Waals surface area (Å²) in [5.74, 6) is -0.665. The predicted octanol–water partition coefficient (Wildman–Crippen LogP) is 4.34. The van der Waals surface area contributed by atoms with Gasteiger partial charge >= 0.3 is 6.18 Å². The Kier molecular flexibility index (Phi) is 7.27. The number of nitrogens with one attached hydrogen (secondary N) is 3. The van der Waals surface area contributed by atoms with Crippen molar-refractivity contribution in [2.45, 2.75) is 55.8 Å². The van der Waals surface area contributed by atoms with Crippen LogP contribution in [0.1, 0.15) is 31.2 Å². The summed E-state index contributed by atoms with van der Waals surface area (Å²) in [5, 5.41) is 3.32. The fraction of sp³-hybridized carbons (Fsp3) is 0.444. The maximum absolute atomic E-state index is 13.2. The Labute approximate surface area is 219 Å². The van der Waals surface area contributed by atoms with Crippen molar-refractivity contribution < 1.29 is 26.4 Å². The number of benzene rings is 2. The van der Waals surface area contributed by atoms with Crippen molar-refractivity contribution >= 4 is 26.8 Å². The number of alkyl halides is 3. The van der Waals surface area contributed by atoms with Crippen LogP contribution in [0.25, 0.3) is 22.2 Å². The van der Waals surface area contributed by atoms with Gasteiger partial charge in [-0.15, -0.1) is 0 Å². The molecule has 0 bridgehead atoms. The third-order valence-electron chi connectivity index (χ3n) is 7.62. The molecule has 1 saturated carbocycles. The minimum absolute atomic E-state index is 0.0999. The van der Waals surface area contributed by atoms with Crippen LogP contribution in [0.4, 0.5) is 13.2 Å². The van der Waals surface area contributed by atoms with E-state index in [2.05, 4.69) is 15.0 Å². The molecule has 1 aliphatic heterocycles. The quantitative estimate of drug-likeness (QED) is 0.442. The molecule has 11 heteroatoms. The second-order valence-corrected chi connectivity index (χ2v) is 12.0. The van der Waals surface area contributed by atoms with Crippen molar-refractivity contribution in [2.75, 3.05) is 19.6 Å². The summed E-state index contributed by atoms with van der Waals surface area (Å²) >= 11 is 0. The first-order chi connectivity index (χ1) is 18.0. The number of hydrogen-bond acceptors (Lipinski definition) is 4. The molecule has 2 heterocycles. The van der Waals surface area contributed by atoms with Gasteiger partial charge in [-0.05, 0) is 56.4 Å². The zero-order valence-corrected chi connectivity index (χ0v) is 21.8. The first-order valence-electron chi connectivity index (χ1n) is 12.8. The predicted molar refractivity (Wildman–Crippen MR) is 139 cm³/mol. The summed E-state index contributed by atoms with van der Waals surface area (Å²) in [5.41, 5.74) is 3.79. The Morgan fingerprint density at radius 2 is 1.79 bits per heavy atom. The van der Waals surface area contributed by atoms with E-state index >= 15 is 0 Å². The topological polar surface area (TPSA) is 94.3 Å². The number of aryl methyl sites for hydroxylation is 1. The molecule has 7 nitrogen and oxygen atoms in total. The highest BCUT2D eigenvalue weighted by Crippen LogP contribution is 2.31. The summed E-state index contributed by atoms with van der Waals surface area (Å²) in [6.45, 7) is 1.97. The number of carbonyl (C=O) groups is 1. The van der Waals surface area contributed by atoms with E-state index in [1.165, 1.54) is 4.90 Å². The van der Waals surface area contributed by atoms with E-state index in [1.807, 2.05) is 37.3 Å². The van der Waals surface area contributed by atoms with Crippen LogP contribution < -0.4 is 10.0 Å². The molecule has 0 unspecified atom stereocenters. The van der Waals surface area contributed by atoms with Crippen LogP contribution in [0.15, 0.2) is 53.4 Å². The lowest BCUT2D eigenvalue weighted by Crippen LogP contribution is -2.59. The van der Waals surface area contributed by atoms with Crippen LogP contribution >= 0.6 is 0 Å². The molecule has 1 aromatic heterocycles. The monoisotopic (exact) mass is 548 g/mol. The summed E-state index contributed by atoms with van der Waals surface area (Å²) in [6.07, 6.45) is -2.64. The fourth-order valence-electron chi connectivity index (χ4n) is 5.47. The highest BCUT2D eigenvalue weighted by molar-refractivity contribution is 7.89. The molecule has 1 aliphatic carbocycles. The fourth-order valence-corrected chi connectivity index (χ4v) is 6.80. The first-order valence-corrected chi connectivity index (χ1v) is 14.3. The van der Waals surface area contributed by atoms with E-state index < -0.39 is 28.2 Å². The highest BCUT2D eigenvalue weighted by atomic mass is 32.2. The molecular weight excluding hydrogens is 517 g/mol. The van der Waals surface area contributed by atoms with Crippen LogP contribution in [0.2, 0.25) is 0 Å². The van der Waals surface area contributed by atoms with E-state index in [0.29, 0.717) is 31.2 Å². The third kappa shape index (κ3) is 5.60. The number of sulfonamides is 1. The van der Waals surface area contributed by atoms with Gasteiger partial charge < -0.3 is 15.2 Å². The Morgan fingerprint density at radius 3 is 2.50 bits per heavy atom. The summed E-state index contributed by atoms with van der Waals surface area (Å²) in [4.78, 5) is 17.6. The number of fused-ring (bicyclic) bond motifs is 1. The van der Waals surface area contributed by atoms with E-state index in [4.69, 9.17) is 0 Å². The molecule has 0 spiro atoms. The normalized spacial score (nSPS) is 23.1. The number of halogens is 3. The number of aromatic nitrogens is 1. The molecule has 3 aromatic rings. The second kappa shape index (κ2) is 10.3. The van der Waals surface area contributed by atoms with Gasteiger partial charge in [-0.3, -0.25) is 4.79 Å². The molecule has 2 fully saturated rings. The molecule has 5 rings (SSSR count). The number of rotatable bonds is 5. The van der Waals surface area contributed by atoms with E-state index in [9.17, 15) is 26.4 Å². The largest absolute Gasteiger partial charge is 0.405 e.